The van der Waals surface area contributed by atoms with Gasteiger partial charge < -0.3 is 0 Å². The molecule has 0 aliphatic rings. The van der Waals surface area contributed by atoms with Crippen LogP contribution in [0, 0.1) is 11.8 Å². The SMILES string of the molecule is CO[P+](O)(C=CC(C)CCC=C(C)CCCC(C)C)OC. The third-order valence-corrected chi connectivity index (χ3v) is 5.19. The Morgan fingerprint density at radius 3 is 2.29 bits per heavy atom. The molecule has 0 bridgehead atoms. The first kappa shape index (κ1) is 20.8. The highest BCUT2D eigenvalue weighted by Gasteiger charge is 2.34. The van der Waals surface area contributed by atoms with E-state index in [1.807, 2.05) is 6.08 Å². The fourth-order valence-electron chi connectivity index (χ4n) is 2.03. The zero-order valence-electron chi connectivity index (χ0n) is 14.6. The van der Waals surface area contributed by atoms with Crippen molar-refractivity contribution in [2.75, 3.05) is 14.2 Å². The molecule has 0 saturated heterocycles. The lowest BCUT2D eigenvalue weighted by atomic mass is 10.0. The van der Waals surface area contributed by atoms with Gasteiger partial charge in [-0.25, -0.2) is 0 Å². The minimum atomic E-state index is -2.76. The minimum absolute atomic E-state index is 0.404. The van der Waals surface area contributed by atoms with Crippen LogP contribution in [0.25, 0.3) is 0 Å². The van der Waals surface area contributed by atoms with Gasteiger partial charge in [0.05, 0.1) is 14.2 Å². The number of hydrogen-bond acceptors (Lipinski definition) is 3. The zero-order valence-corrected chi connectivity index (χ0v) is 15.5. The second-order valence-electron chi connectivity index (χ2n) is 6.16. The van der Waals surface area contributed by atoms with Gasteiger partial charge in [-0.1, -0.05) is 38.8 Å². The zero-order chi connectivity index (χ0) is 16.3. The monoisotopic (exact) mass is 317 g/mol. The lowest BCUT2D eigenvalue weighted by molar-refractivity contribution is 0.252. The molecule has 0 radical (unpaired) electrons. The van der Waals surface area contributed by atoms with E-state index in [1.165, 1.54) is 39.1 Å². The van der Waals surface area contributed by atoms with Gasteiger partial charge in [-0.2, -0.15) is 13.9 Å². The van der Waals surface area contributed by atoms with Crippen molar-refractivity contribution in [3.8, 4) is 0 Å². The van der Waals surface area contributed by atoms with E-state index in [2.05, 4.69) is 33.8 Å². The number of allylic oxidation sites excluding steroid dienone is 3. The van der Waals surface area contributed by atoms with Crippen molar-refractivity contribution in [1.29, 1.82) is 0 Å². The van der Waals surface area contributed by atoms with E-state index in [0.29, 0.717) is 5.92 Å². The van der Waals surface area contributed by atoms with Gasteiger partial charge in [0.15, 0.2) is 0 Å². The fraction of sp³-hybridized carbons (Fsp3) is 0.765. The topological polar surface area (TPSA) is 38.7 Å². The Bertz CT molecular complexity index is 320. The molecule has 0 aromatic heterocycles. The summed E-state index contributed by atoms with van der Waals surface area (Å²) in [6.45, 7) is 8.92. The smallest absolute Gasteiger partial charge is 0.189 e. The van der Waals surface area contributed by atoms with Gasteiger partial charge in [-0.05, 0) is 50.5 Å². The maximum atomic E-state index is 9.90. The van der Waals surface area contributed by atoms with E-state index in [4.69, 9.17) is 9.05 Å². The van der Waals surface area contributed by atoms with E-state index in [0.717, 1.165) is 18.8 Å². The van der Waals surface area contributed by atoms with E-state index < -0.39 is 7.94 Å². The summed E-state index contributed by atoms with van der Waals surface area (Å²) in [5.74, 6) is 2.88. The number of hydrogen-bond donors (Lipinski definition) is 1. The molecule has 1 N–H and O–H groups in total. The van der Waals surface area contributed by atoms with Gasteiger partial charge in [0.1, 0.15) is 5.82 Å². The summed E-state index contributed by atoms with van der Waals surface area (Å²) >= 11 is 0. The van der Waals surface area contributed by atoms with Crippen LogP contribution < -0.4 is 0 Å². The molecule has 0 amide bonds. The van der Waals surface area contributed by atoms with Crippen LogP contribution in [0.3, 0.4) is 0 Å². The van der Waals surface area contributed by atoms with Crippen molar-refractivity contribution in [3.05, 3.63) is 23.5 Å². The fourth-order valence-corrected chi connectivity index (χ4v) is 2.94. The van der Waals surface area contributed by atoms with Crippen LogP contribution in [0.2, 0.25) is 0 Å². The lowest BCUT2D eigenvalue weighted by Gasteiger charge is -2.09. The number of rotatable bonds is 11. The van der Waals surface area contributed by atoms with E-state index in [-0.39, 0.29) is 0 Å². The Morgan fingerprint density at radius 2 is 1.76 bits per heavy atom. The van der Waals surface area contributed by atoms with Gasteiger partial charge in [-0.15, -0.1) is 0 Å². The Morgan fingerprint density at radius 1 is 1.14 bits per heavy atom. The molecule has 21 heavy (non-hydrogen) atoms. The first-order valence-corrected chi connectivity index (χ1v) is 9.55. The second kappa shape index (κ2) is 11.4. The molecule has 1 unspecified atom stereocenters. The molecule has 0 fully saturated rings. The van der Waals surface area contributed by atoms with Crippen LogP contribution in [0.4, 0.5) is 0 Å². The first-order valence-electron chi connectivity index (χ1n) is 7.91. The second-order valence-corrected chi connectivity index (χ2v) is 8.32. The minimum Gasteiger partial charge on any atom is -0.189 e. The molecule has 0 spiro atoms. The maximum Gasteiger partial charge on any atom is 0.437 e. The summed E-state index contributed by atoms with van der Waals surface area (Å²) in [6.07, 6.45) is 10.3. The summed E-state index contributed by atoms with van der Waals surface area (Å²) in [6, 6.07) is 0. The summed E-state index contributed by atoms with van der Waals surface area (Å²) in [7, 11) is 0.179. The van der Waals surface area contributed by atoms with E-state index >= 15 is 0 Å². The average molecular weight is 317 g/mol. The van der Waals surface area contributed by atoms with Crippen LogP contribution in [-0.4, -0.2) is 19.1 Å². The van der Waals surface area contributed by atoms with Crippen molar-refractivity contribution in [1.82, 2.24) is 0 Å². The highest BCUT2D eigenvalue weighted by Crippen LogP contribution is 2.57. The van der Waals surface area contributed by atoms with Crippen LogP contribution in [-0.2, 0) is 9.05 Å². The Balaban J connectivity index is 4.02. The summed E-state index contributed by atoms with van der Waals surface area (Å²) < 4.78 is 9.98. The molecular weight excluding hydrogens is 283 g/mol. The van der Waals surface area contributed by atoms with Gasteiger partial charge in [0, 0.05) is 0 Å². The Labute approximate surface area is 132 Å². The third-order valence-electron chi connectivity index (χ3n) is 3.59. The van der Waals surface area contributed by atoms with Gasteiger partial charge in [-0.3, -0.25) is 0 Å². The Hall–Kier alpha value is -0.210. The van der Waals surface area contributed by atoms with Crippen molar-refractivity contribution in [2.45, 2.75) is 59.8 Å². The van der Waals surface area contributed by atoms with E-state index in [1.54, 1.807) is 5.82 Å². The summed E-state index contributed by atoms with van der Waals surface area (Å²) in [5.41, 5.74) is 1.49. The van der Waals surface area contributed by atoms with Gasteiger partial charge in [0.25, 0.3) is 0 Å². The molecule has 0 aliphatic carbocycles. The standard InChI is InChI=1S/C17H34O3P/c1-15(2)9-7-10-16(3)11-8-12-17(4)13-14-21(18,19-5)20-6/h11,13-15,17-18H,7-10,12H2,1-6H3/q+1. The molecule has 3 nitrogen and oxygen atoms in total. The molecule has 4 heteroatoms. The molecular formula is C17H34O3P+. The summed E-state index contributed by atoms with van der Waals surface area (Å²) in [5, 5.41) is 0. The first-order chi connectivity index (χ1) is 9.83. The molecule has 0 rings (SSSR count). The molecule has 0 saturated carbocycles. The quantitative estimate of drug-likeness (QED) is 0.390. The van der Waals surface area contributed by atoms with Crippen LogP contribution in [0.5, 0.6) is 0 Å². The highest BCUT2D eigenvalue weighted by atomic mass is 31.2. The molecule has 0 aromatic carbocycles. The van der Waals surface area contributed by atoms with Crippen molar-refractivity contribution < 1.29 is 13.9 Å². The van der Waals surface area contributed by atoms with Gasteiger partial charge in [0.2, 0.25) is 0 Å². The highest BCUT2D eigenvalue weighted by molar-refractivity contribution is 7.63. The van der Waals surface area contributed by atoms with Crippen molar-refractivity contribution in [2.24, 2.45) is 11.8 Å². The van der Waals surface area contributed by atoms with Gasteiger partial charge >= 0.3 is 7.94 Å². The Kier molecular flexibility index (Phi) is 11.3. The molecule has 124 valence electrons. The molecule has 0 aromatic rings. The lowest BCUT2D eigenvalue weighted by Crippen LogP contribution is -1.95. The molecule has 1 atom stereocenters. The molecule has 0 aliphatic heterocycles. The van der Waals surface area contributed by atoms with Crippen molar-refractivity contribution >= 4 is 7.94 Å². The molecule has 0 heterocycles. The largest absolute Gasteiger partial charge is 0.437 e. The normalized spacial score (nSPS) is 15.1. The maximum absolute atomic E-state index is 9.90. The van der Waals surface area contributed by atoms with Crippen LogP contribution >= 0.6 is 7.94 Å². The average Bonchev–Trinajstić information content (AvgIpc) is 2.44. The predicted octanol–water partition coefficient (Wildman–Crippen LogP) is 5.74. The third kappa shape index (κ3) is 11.1. The van der Waals surface area contributed by atoms with Crippen LogP contribution in [0.1, 0.15) is 59.8 Å². The van der Waals surface area contributed by atoms with Crippen LogP contribution in [0.15, 0.2) is 23.5 Å². The predicted molar refractivity (Wildman–Crippen MR) is 93.1 cm³/mol. The van der Waals surface area contributed by atoms with Crippen molar-refractivity contribution in [3.63, 3.8) is 0 Å². The summed E-state index contributed by atoms with van der Waals surface area (Å²) in [4.78, 5) is 9.90. The van der Waals surface area contributed by atoms with E-state index in [9.17, 15) is 4.89 Å².